The highest BCUT2D eigenvalue weighted by Crippen LogP contribution is 2.34. The van der Waals surface area contributed by atoms with Gasteiger partial charge < -0.3 is 10.7 Å². The van der Waals surface area contributed by atoms with Crippen molar-refractivity contribution in [2.45, 2.75) is 0 Å². The first-order chi connectivity index (χ1) is 11.6. The van der Waals surface area contributed by atoms with Crippen LogP contribution in [-0.4, -0.2) is 20.3 Å². The Morgan fingerprint density at radius 2 is 2.17 bits per heavy atom. The van der Waals surface area contributed by atoms with E-state index in [0.29, 0.717) is 38.3 Å². The highest BCUT2D eigenvalue weighted by Gasteiger charge is 2.17. The minimum Gasteiger partial charge on any atom is -0.367 e. The second-order valence-corrected chi connectivity index (χ2v) is 5.55. The molecule has 0 radical (unpaired) electrons. The van der Waals surface area contributed by atoms with Crippen LogP contribution in [0, 0.1) is 5.41 Å². The van der Waals surface area contributed by atoms with Crippen molar-refractivity contribution in [1.82, 2.24) is 14.4 Å². The molecule has 0 saturated heterocycles. The summed E-state index contributed by atoms with van der Waals surface area (Å²) in [6.45, 7) is 0. The number of azo groups is 1. The van der Waals surface area contributed by atoms with Gasteiger partial charge in [-0.25, -0.2) is 4.98 Å². The number of nitrogens with zero attached hydrogens (tertiary/aromatic N) is 4. The molecule has 0 unspecified atom stereocenters. The van der Waals surface area contributed by atoms with Gasteiger partial charge >= 0.3 is 0 Å². The first kappa shape index (κ1) is 14.3. The van der Waals surface area contributed by atoms with Gasteiger partial charge in [0.25, 0.3) is 5.56 Å². The lowest BCUT2D eigenvalue weighted by Crippen LogP contribution is -2.14. The Labute approximate surface area is 139 Å². The molecule has 0 atom stereocenters. The number of aromatic amines is 1. The van der Waals surface area contributed by atoms with E-state index in [2.05, 4.69) is 20.2 Å². The largest absolute Gasteiger partial charge is 0.367 e. The minimum atomic E-state index is -0.439. The number of halogens is 1. The number of benzene rings is 1. The number of hydrogen-bond donors (Lipinski definition) is 3. The summed E-state index contributed by atoms with van der Waals surface area (Å²) < 4.78 is 1.49. The fraction of sp³-hybridized carbons (Fsp3) is 0. The molecule has 0 saturated carbocycles. The van der Waals surface area contributed by atoms with E-state index in [1.165, 1.54) is 4.40 Å². The van der Waals surface area contributed by atoms with E-state index in [1.54, 1.807) is 36.5 Å². The molecule has 4 rings (SSSR count). The third-order valence-corrected chi connectivity index (χ3v) is 3.87. The second-order valence-electron chi connectivity index (χ2n) is 5.11. The smallest absolute Gasteiger partial charge is 0.267 e. The molecule has 0 aliphatic heterocycles. The van der Waals surface area contributed by atoms with Crippen LogP contribution in [0.25, 0.3) is 27.6 Å². The molecule has 0 bridgehead atoms. The van der Waals surface area contributed by atoms with Crippen molar-refractivity contribution < 1.29 is 0 Å². The fourth-order valence-electron chi connectivity index (χ4n) is 2.69. The molecular formula is C15H10ClN7O. The third-order valence-electron chi connectivity index (χ3n) is 3.64. The highest BCUT2D eigenvalue weighted by atomic mass is 35.5. The number of aromatic nitrogens is 3. The molecule has 8 nitrogen and oxygen atoms in total. The van der Waals surface area contributed by atoms with Crippen LogP contribution in [0.15, 0.2) is 51.6 Å². The quantitative estimate of drug-likeness (QED) is 0.280. The normalized spacial score (nSPS) is 11.9. The van der Waals surface area contributed by atoms with Gasteiger partial charge in [-0.3, -0.25) is 14.6 Å². The molecule has 0 fully saturated rings. The lowest BCUT2D eigenvalue weighted by atomic mass is 10.2. The van der Waals surface area contributed by atoms with Gasteiger partial charge in [0.2, 0.25) is 5.96 Å². The van der Waals surface area contributed by atoms with Crippen LogP contribution in [-0.2, 0) is 0 Å². The molecule has 24 heavy (non-hydrogen) atoms. The molecule has 1 aromatic carbocycles. The summed E-state index contributed by atoms with van der Waals surface area (Å²) in [6, 6.07) is 8.50. The molecule has 0 aliphatic carbocycles. The van der Waals surface area contributed by atoms with Crippen LogP contribution in [0.4, 0.5) is 5.69 Å². The van der Waals surface area contributed by atoms with Crippen LogP contribution in [0.5, 0.6) is 0 Å². The van der Waals surface area contributed by atoms with Gasteiger partial charge in [-0.05, 0) is 30.3 Å². The molecule has 0 aliphatic rings. The van der Waals surface area contributed by atoms with E-state index in [-0.39, 0.29) is 5.56 Å². The summed E-state index contributed by atoms with van der Waals surface area (Å²) in [6.07, 6.45) is 1.59. The van der Waals surface area contributed by atoms with Gasteiger partial charge in [0.1, 0.15) is 17.0 Å². The average molecular weight is 340 g/mol. The summed E-state index contributed by atoms with van der Waals surface area (Å²) in [7, 11) is 0. The first-order valence-corrected chi connectivity index (χ1v) is 7.30. The molecule has 118 valence electrons. The Kier molecular flexibility index (Phi) is 3.07. The van der Waals surface area contributed by atoms with Gasteiger partial charge in [0.15, 0.2) is 0 Å². The summed E-state index contributed by atoms with van der Waals surface area (Å²) in [5.74, 6) is -0.439. The van der Waals surface area contributed by atoms with Crippen LogP contribution >= 0.6 is 11.6 Å². The molecule has 3 aromatic heterocycles. The topological polar surface area (TPSA) is 125 Å². The Balaban J connectivity index is 2.27. The minimum absolute atomic E-state index is 0.233. The maximum Gasteiger partial charge on any atom is 0.267 e. The maximum absolute atomic E-state index is 12.9. The lowest BCUT2D eigenvalue weighted by molar-refractivity contribution is 1.12. The monoisotopic (exact) mass is 339 g/mol. The van der Waals surface area contributed by atoms with Crippen molar-refractivity contribution in [1.29, 1.82) is 5.41 Å². The van der Waals surface area contributed by atoms with Crippen molar-refractivity contribution in [3.63, 3.8) is 0 Å². The number of H-pyrrole nitrogens is 1. The molecule has 9 heteroatoms. The summed E-state index contributed by atoms with van der Waals surface area (Å²) in [5.41, 5.74) is 6.86. The molecule has 0 amide bonds. The SMILES string of the molecule is N=C(N)N=Nc1c2cc(Cl)ccc2n2c(=O)c3cccnc3[nH]c12. The van der Waals surface area contributed by atoms with E-state index in [4.69, 9.17) is 22.7 Å². The second kappa shape index (κ2) is 5.14. The van der Waals surface area contributed by atoms with E-state index in [9.17, 15) is 4.79 Å². The van der Waals surface area contributed by atoms with Crippen molar-refractivity contribution in [3.8, 4) is 0 Å². The summed E-state index contributed by atoms with van der Waals surface area (Å²) >= 11 is 6.08. The standard InChI is InChI=1S/C15H10ClN7O/c16-7-3-4-10-9(6-7)11(21-22-15(17)18)13-20-12-8(2-1-5-19-12)14(24)23(10)13/h1-6H,(H3,17,18)(H,19,20). The van der Waals surface area contributed by atoms with Crippen LogP contribution in [0.1, 0.15) is 0 Å². The van der Waals surface area contributed by atoms with E-state index in [1.807, 2.05) is 0 Å². The molecule has 4 aromatic rings. The summed E-state index contributed by atoms with van der Waals surface area (Å²) in [5, 5.41) is 16.4. The van der Waals surface area contributed by atoms with Crippen molar-refractivity contribution >= 4 is 50.8 Å². The van der Waals surface area contributed by atoms with Crippen molar-refractivity contribution in [2.75, 3.05) is 0 Å². The van der Waals surface area contributed by atoms with Crippen LogP contribution < -0.4 is 11.3 Å². The third kappa shape index (κ3) is 2.04. The van der Waals surface area contributed by atoms with E-state index < -0.39 is 5.96 Å². The van der Waals surface area contributed by atoms with Gasteiger partial charge in [0, 0.05) is 16.6 Å². The first-order valence-electron chi connectivity index (χ1n) is 6.92. The van der Waals surface area contributed by atoms with E-state index >= 15 is 0 Å². The van der Waals surface area contributed by atoms with Gasteiger partial charge in [-0.2, -0.15) is 0 Å². The number of fused-ring (bicyclic) bond motifs is 4. The fourth-order valence-corrected chi connectivity index (χ4v) is 2.86. The lowest BCUT2D eigenvalue weighted by Gasteiger charge is -2.00. The van der Waals surface area contributed by atoms with Crippen LogP contribution in [0.3, 0.4) is 0 Å². The molecule has 3 heterocycles. The molecule has 4 N–H and O–H groups in total. The van der Waals surface area contributed by atoms with Crippen molar-refractivity contribution in [2.24, 2.45) is 16.0 Å². The summed E-state index contributed by atoms with van der Waals surface area (Å²) in [4.78, 5) is 20.1. The van der Waals surface area contributed by atoms with Crippen LogP contribution in [0.2, 0.25) is 5.02 Å². The van der Waals surface area contributed by atoms with Gasteiger partial charge in [-0.1, -0.05) is 11.6 Å². The Morgan fingerprint density at radius 1 is 1.33 bits per heavy atom. The average Bonchev–Trinajstić information content (AvgIpc) is 2.86. The number of rotatable bonds is 1. The zero-order valence-corrected chi connectivity index (χ0v) is 12.9. The number of guanidine groups is 1. The predicted octanol–water partition coefficient (Wildman–Crippen LogP) is 2.96. The number of nitrogens with two attached hydrogens (primary N) is 1. The van der Waals surface area contributed by atoms with Gasteiger partial charge in [0.05, 0.1) is 10.9 Å². The van der Waals surface area contributed by atoms with E-state index in [0.717, 1.165) is 0 Å². The van der Waals surface area contributed by atoms with Crippen molar-refractivity contribution in [3.05, 3.63) is 51.9 Å². The zero-order chi connectivity index (χ0) is 16.8. The Hall–Kier alpha value is -3.26. The number of pyridine rings is 1. The maximum atomic E-state index is 12.9. The number of hydrogen-bond acceptors (Lipinski definition) is 4. The van der Waals surface area contributed by atoms with Gasteiger partial charge in [-0.15, -0.1) is 10.2 Å². The predicted molar refractivity (Wildman–Crippen MR) is 92.3 cm³/mol. The molecular weight excluding hydrogens is 330 g/mol. The zero-order valence-electron chi connectivity index (χ0n) is 12.1. The Morgan fingerprint density at radius 3 is 2.96 bits per heavy atom. The highest BCUT2D eigenvalue weighted by molar-refractivity contribution is 6.31. The number of nitrogens with one attached hydrogen (secondary N) is 2. The molecule has 0 spiro atoms. The Bertz CT molecular complexity index is 1220.